The SMILES string of the molecule is Cc1ccc(C(=O)c2ccc(Cl)c(Br)c2)cn1. The fourth-order valence-electron chi connectivity index (χ4n) is 1.41. The van der Waals surface area contributed by atoms with E-state index in [-0.39, 0.29) is 5.78 Å². The molecule has 0 amide bonds. The van der Waals surface area contributed by atoms with Crippen LogP contribution in [-0.4, -0.2) is 10.8 Å². The maximum Gasteiger partial charge on any atom is 0.194 e. The summed E-state index contributed by atoms with van der Waals surface area (Å²) < 4.78 is 0.713. The smallest absolute Gasteiger partial charge is 0.194 e. The van der Waals surface area contributed by atoms with Crippen molar-refractivity contribution in [3.8, 4) is 0 Å². The van der Waals surface area contributed by atoms with Crippen molar-refractivity contribution in [3.63, 3.8) is 0 Å². The Morgan fingerprint density at radius 1 is 1.24 bits per heavy atom. The molecule has 1 aromatic carbocycles. The molecule has 0 saturated heterocycles. The fraction of sp³-hybridized carbons (Fsp3) is 0.0769. The van der Waals surface area contributed by atoms with Crippen LogP contribution in [0.15, 0.2) is 41.0 Å². The summed E-state index contributed by atoms with van der Waals surface area (Å²) in [4.78, 5) is 16.2. The number of nitrogens with zero attached hydrogens (tertiary/aromatic N) is 1. The summed E-state index contributed by atoms with van der Waals surface area (Å²) in [7, 11) is 0. The monoisotopic (exact) mass is 309 g/mol. The van der Waals surface area contributed by atoms with Crippen molar-refractivity contribution in [1.29, 1.82) is 0 Å². The third-order valence-corrected chi connectivity index (χ3v) is 3.57. The molecule has 0 bridgehead atoms. The average Bonchev–Trinajstić information content (AvgIpc) is 2.33. The van der Waals surface area contributed by atoms with Gasteiger partial charge in [-0.1, -0.05) is 11.6 Å². The molecule has 0 N–H and O–H groups in total. The zero-order valence-electron chi connectivity index (χ0n) is 9.08. The van der Waals surface area contributed by atoms with Crippen molar-refractivity contribution >= 4 is 33.3 Å². The summed E-state index contributed by atoms with van der Waals surface area (Å²) >= 11 is 9.18. The Bertz CT molecular complexity index is 566. The number of ketones is 1. The van der Waals surface area contributed by atoms with Crippen molar-refractivity contribution in [2.45, 2.75) is 6.92 Å². The second kappa shape index (κ2) is 4.98. The minimum Gasteiger partial charge on any atom is -0.289 e. The molecule has 2 rings (SSSR count). The lowest BCUT2D eigenvalue weighted by molar-refractivity contribution is 0.103. The first-order valence-corrected chi connectivity index (χ1v) is 6.17. The molecular weight excluding hydrogens is 302 g/mol. The molecule has 0 atom stereocenters. The number of benzene rings is 1. The van der Waals surface area contributed by atoms with Gasteiger partial charge in [0.15, 0.2) is 5.78 Å². The first-order chi connectivity index (χ1) is 8.08. The molecule has 4 heteroatoms. The van der Waals surface area contributed by atoms with Gasteiger partial charge in [-0.25, -0.2) is 0 Å². The number of hydrogen-bond acceptors (Lipinski definition) is 2. The number of pyridine rings is 1. The summed E-state index contributed by atoms with van der Waals surface area (Å²) in [6.07, 6.45) is 1.58. The lowest BCUT2D eigenvalue weighted by Gasteiger charge is -2.03. The quantitative estimate of drug-likeness (QED) is 0.784. The average molecular weight is 311 g/mol. The summed E-state index contributed by atoms with van der Waals surface area (Å²) in [5.74, 6) is -0.0603. The predicted molar refractivity (Wildman–Crippen MR) is 71.6 cm³/mol. The van der Waals surface area contributed by atoms with Gasteiger partial charge in [0.25, 0.3) is 0 Å². The number of rotatable bonds is 2. The molecule has 0 aliphatic heterocycles. The molecule has 0 aliphatic rings. The van der Waals surface area contributed by atoms with Crippen LogP contribution in [0.2, 0.25) is 5.02 Å². The third kappa shape index (κ3) is 2.73. The molecule has 86 valence electrons. The molecule has 2 nitrogen and oxygen atoms in total. The van der Waals surface area contributed by atoms with Crippen LogP contribution in [-0.2, 0) is 0 Å². The standard InChI is InChI=1S/C13H9BrClNO/c1-8-2-3-10(7-16-8)13(17)9-4-5-12(15)11(14)6-9/h2-7H,1H3. The topological polar surface area (TPSA) is 30.0 Å². The van der Waals surface area contributed by atoms with Crippen LogP contribution in [0.1, 0.15) is 21.6 Å². The maximum absolute atomic E-state index is 12.1. The molecule has 0 fully saturated rings. The number of halogens is 2. The van der Waals surface area contributed by atoms with Gasteiger partial charge in [-0.3, -0.25) is 9.78 Å². The lowest BCUT2D eigenvalue weighted by Crippen LogP contribution is -2.02. The first-order valence-electron chi connectivity index (χ1n) is 5.00. The van der Waals surface area contributed by atoms with E-state index >= 15 is 0 Å². The maximum atomic E-state index is 12.1. The van der Waals surface area contributed by atoms with Crippen LogP contribution in [0.25, 0.3) is 0 Å². The second-order valence-corrected chi connectivity index (χ2v) is 4.91. The van der Waals surface area contributed by atoms with Gasteiger partial charge in [-0.2, -0.15) is 0 Å². The van der Waals surface area contributed by atoms with Gasteiger partial charge in [0, 0.05) is 27.5 Å². The van der Waals surface area contributed by atoms with Crippen LogP contribution >= 0.6 is 27.5 Å². The zero-order valence-corrected chi connectivity index (χ0v) is 11.4. The van der Waals surface area contributed by atoms with Gasteiger partial charge in [0.05, 0.1) is 5.02 Å². The van der Waals surface area contributed by atoms with Gasteiger partial charge in [0.2, 0.25) is 0 Å². The van der Waals surface area contributed by atoms with Gasteiger partial charge in [-0.05, 0) is 53.2 Å². The summed E-state index contributed by atoms with van der Waals surface area (Å²) in [6.45, 7) is 1.88. The Morgan fingerprint density at radius 3 is 2.53 bits per heavy atom. The van der Waals surface area contributed by atoms with Gasteiger partial charge in [0.1, 0.15) is 0 Å². The predicted octanol–water partition coefficient (Wildman–Crippen LogP) is 4.04. The zero-order chi connectivity index (χ0) is 12.4. The molecule has 0 unspecified atom stereocenters. The van der Waals surface area contributed by atoms with E-state index in [0.717, 1.165) is 5.69 Å². The van der Waals surface area contributed by atoms with Crippen LogP contribution < -0.4 is 0 Å². The van der Waals surface area contributed by atoms with Crippen molar-refractivity contribution < 1.29 is 4.79 Å². The summed E-state index contributed by atoms with van der Waals surface area (Å²) in [6, 6.07) is 8.70. The fourth-order valence-corrected chi connectivity index (χ4v) is 1.90. The second-order valence-electron chi connectivity index (χ2n) is 3.65. The van der Waals surface area contributed by atoms with Gasteiger partial charge in [-0.15, -0.1) is 0 Å². The lowest BCUT2D eigenvalue weighted by atomic mass is 10.1. The summed E-state index contributed by atoms with van der Waals surface area (Å²) in [5, 5.41) is 0.587. The Labute approximate surface area is 113 Å². The number of hydrogen-bond donors (Lipinski definition) is 0. The van der Waals surface area contributed by atoms with Crippen molar-refractivity contribution in [2.24, 2.45) is 0 Å². The van der Waals surface area contributed by atoms with E-state index in [0.29, 0.717) is 20.6 Å². The molecule has 1 aromatic heterocycles. The number of carbonyl (C=O) groups excluding carboxylic acids is 1. The van der Waals surface area contributed by atoms with E-state index in [1.807, 2.05) is 13.0 Å². The highest BCUT2D eigenvalue weighted by Gasteiger charge is 2.10. The van der Waals surface area contributed by atoms with E-state index in [1.54, 1.807) is 30.5 Å². The molecule has 0 radical (unpaired) electrons. The molecule has 17 heavy (non-hydrogen) atoms. The third-order valence-electron chi connectivity index (χ3n) is 2.36. The van der Waals surface area contributed by atoms with E-state index < -0.39 is 0 Å². The van der Waals surface area contributed by atoms with Crippen molar-refractivity contribution in [3.05, 3.63) is 62.8 Å². The number of aromatic nitrogens is 1. The Hall–Kier alpha value is -1.19. The minimum atomic E-state index is -0.0603. The number of carbonyl (C=O) groups is 1. The normalized spacial score (nSPS) is 10.3. The van der Waals surface area contributed by atoms with Gasteiger partial charge < -0.3 is 0 Å². The van der Waals surface area contributed by atoms with E-state index in [9.17, 15) is 4.79 Å². The Kier molecular flexibility index (Phi) is 3.60. The first kappa shape index (κ1) is 12.3. The Morgan fingerprint density at radius 2 is 1.94 bits per heavy atom. The van der Waals surface area contributed by atoms with Crippen molar-refractivity contribution in [2.75, 3.05) is 0 Å². The highest BCUT2D eigenvalue weighted by Crippen LogP contribution is 2.24. The minimum absolute atomic E-state index is 0.0603. The van der Waals surface area contributed by atoms with Crippen molar-refractivity contribution in [1.82, 2.24) is 4.98 Å². The molecule has 1 heterocycles. The molecular formula is C13H9BrClNO. The Balaban J connectivity index is 2.37. The largest absolute Gasteiger partial charge is 0.289 e. The van der Waals surface area contributed by atoms with E-state index in [4.69, 9.17) is 11.6 Å². The van der Waals surface area contributed by atoms with Crippen LogP contribution in [0.5, 0.6) is 0 Å². The van der Waals surface area contributed by atoms with Gasteiger partial charge >= 0.3 is 0 Å². The number of aryl methyl sites for hydroxylation is 1. The molecule has 0 aliphatic carbocycles. The van der Waals surface area contributed by atoms with E-state index in [1.165, 1.54) is 0 Å². The van der Waals surface area contributed by atoms with Crippen LogP contribution in [0.3, 0.4) is 0 Å². The van der Waals surface area contributed by atoms with Crippen LogP contribution in [0, 0.1) is 6.92 Å². The summed E-state index contributed by atoms with van der Waals surface area (Å²) in [5.41, 5.74) is 2.05. The molecule has 2 aromatic rings. The van der Waals surface area contributed by atoms with Crippen LogP contribution in [0.4, 0.5) is 0 Å². The van der Waals surface area contributed by atoms with E-state index in [2.05, 4.69) is 20.9 Å². The molecule has 0 spiro atoms. The highest BCUT2D eigenvalue weighted by molar-refractivity contribution is 9.10. The highest BCUT2D eigenvalue weighted by atomic mass is 79.9. The molecule has 0 saturated carbocycles.